The van der Waals surface area contributed by atoms with Gasteiger partial charge >= 0.3 is 5.16 Å². The third-order valence-electron chi connectivity index (χ3n) is 1.78. The monoisotopic (exact) mass is 226 g/mol. The van der Waals surface area contributed by atoms with E-state index in [4.69, 9.17) is 0 Å². The molecule has 1 aromatic carbocycles. The number of hydrogen-bond acceptors (Lipinski definition) is 4. The Hall–Kier alpha value is -1.47. The molecule has 1 unspecified atom stereocenters. The zero-order valence-electron chi connectivity index (χ0n) is 7.79. The summed E-state index contributed by atoms with van der Waals surface area (Å²) in [5.74, 6) is -0.462. The standard InChI is InChI=1S/C8H7FN4OS/c1-15(14)8-10-11-12-13(8)7-5-3-2-4-6(7)9/h2-5H,1H3. The highest BCUT2D eigenvalue weighted by molar-refractivity contribution is 7.90. The summed E-state index contributed by atoms with van der Waals surface area (Å²) in [6.07, 6.45) is 1.43. The van der Waals surface area contributed by atoms with Crippen molar-refractivity contribution in [1.29, 1.82) is 0 Å². The summed E-state index contributed by atoms with van der Waals surface area (Å²) in [7, 11) is 0. The van der Waals surface area contributed by atoms with Gasteiger partial charge < -0.3 is 4.55 Å². The first-order chi connectivity index (χ1) is 7.20. The molecule has 5 nitrogen and oxygen atoms in total. The number of para-hydroxylation sites is 1. The lowest BCUT2D eigenvalue weighted by Crippen LogP contribution is -2.10. The summed E-state index contributed by atoms with van der Waals surface area (Å²) in [5, 5.41) is 10.6. The van der Waals surface area contributed by atoms with Gasteiger partial charge in [-0.05, 0) is 22.6 Å². The molecule has 0 aliphatic carbocycles. The first kappa shape index (κ1) is 10.1. The van der Waals surface area contributed by atoms with Crippen molar-refractivity contribution in [3.05, 3.63) is 30.1 Å². The molecule has 0 N–H and O–H groups in total. The van der Waals surface area contributed by atoms with Crippen molar-refractivity contribution in [2.75, 3.05) is 6.26 Å². The molecule has 2 rings (SSSR count). The Morgan fingerprint density at radius 3 is 2.80 bits per heavy atom. The number of halogens is 1. The van der Waals surface area contributed by atoms with Gasteiger partial charge in [0.1, 0.15) is 17.8 Å². The van der Waals surface area contributed by atoms with Crippen molar-refractivity contribution in [2.45, 2.75) is 5.16 Å². The molecule has 0 radical (unpaired) electrons. The van der Waals surface area contributed by atoms with Gasteiger partial charge in [-0.3, -0.25) is 0 Å². The molecule has 0 bridgehead atoms. The summed E-state index contributed by atoms with van der Waals surface area (Å²) in [6, 6.07) is 6.02. The summed E-state index contributed by atoms with van der Waals surface area (Å²) in [4.78, 5) is 0. The fourth-order valence-electron chi connectivity index (χ4n) is 1.13. The molecule has 1 aromatic heterocycles. The Kier molecular flexibility index (Phi) is 2.65. The highest BCUT2D eigenvalue weighted by Crippen LogP contribution is 2.14. The Morgan fingerprint density at radius 1 is 1.40 bits per heavy atom. The second-order valence-corrected chi connectivity index (χ2v) is 4.05. The first-order valence-corrected chi connectivity index (χ1v) is 5.62. The van der Waals surface area contributed by atoms with Gasteiger partial charge in [0.25, 0.3) is 0 Å². The van der Waals surface area contributed by atoms with E-state index in [-0.39, 0.29) is 10.8 Å². The van der Waals surface area contributed by atoms with Gasteiger partial charge in [0, 0.05) is 11.2 Å². The van der Waals surface area contributed by atoms with Crippen molar-refractivity contribution in [3.8, 4) is 5.69 Å². The van der Waals surface area contributed by atoms with E-state index in [1.165, 1.54) is 18.4 Å². The Labute approximate surface area is 88.1 Å². The van der Waals surface area contributed by atoms with Crippen LogP contribution in [0.5, 0.6) is 0 Å². The van der Waals surface area contributed by atoms with Crippen LogP contribution in [0.2, 0.25) is 0 Å². The molecule has 0 saturated heterocycles. The third-order valence-corrected chi connectivity index (χ3v) is 2.55. The van der Waals surface area contributed by atoms with Crippen molar-refractivity contribution in [1.82, 2.24) is 20.2 Å². The molecule has 7 heteroatoms. The molecule has 0 spiro atoms. The molecule has 0 saturated carbocycles. The fourth-order valence-corrected chi connectivity index (χ4v) is 1.66. The normalized spacial score (nSPS) is 12.7. The minimum absolute atomic E-state index is 0.125. The quantitative estimate of drug-likeness (QED) is 0.701. The van der Waals surface area contributed by atoms with Gasteiger partial charge in [-0.1, -0.05) is 17.2 Å². The molecule has 1 atom stereocenters. The number of hydrogen-bond donors (Lipinski definition) is 0. The average molecular weight is 226 g/mol. The number of benzene rings is 1. The SMILES string of the molecule is C[S+]([O-])c1nnnn1-c1ccccc1F. The second kappa shape index (κ2) is 3.95. The zero-order chi connectivity index (χ0) is 10.8. The number of aromatic nitrogens is 4. The van der Waals surface area contributed by atoms with Gasteiger partial charge in [-0.15, -0.1) is 4.68 Å². The lowest BCUT2D eigenvalue weighted by Gasteiger charge is -2.04. The predicted molar refractivity (Wildman–Crippen MR) is 51.4 cm³/mol. The van der Waals surface area contributed by atoms with E-state index in [1.54, 1.807) is 12.1 Å². The minimum Gasteiger partial charge on any atom is -0.609 e. The summed E-state index contributed by atoms with van der Waals surface area (Å²) in [5.41, 5.74) is 0.188. The molecule has 0 aliphatic rings. The van der Waals surface area contributed by atoms with Crippen LogP contribution < -0.4 is 0 Å². The maximum Gasteiger partial charge on any atom is 0.365 e. The maximum absolute atomic E-state index is 13.4. The number of tetrazole rings is 1. The van der Waals surface area contributed by atoms with Crippen LogP contribution in [0.1, 0.15) is 0 Å². The largest absolute Gasteiger partial charge is 0.609 e. The van der Waals surface area contributed by atoms with E-state index in [0.717, 1.165) is 4.68 Å². The summed E-state index contributed by atoms with van der Waals surface area (Å²) in [6.45, 7) is 0. The van der Waals surface area contributed by atoms with Crippen LogP contribution in [0, 0.1) is 5.82 Å². The molecule has 0 aliphatic heterocycles. The van der Waals surface area contributed by atoms with Crippen LogP contribution in [-0.2, 0) is 11.2 Å². The number of rotatable bonds is 2. The average Bonchev–Trinajstić information content (AvgIpc) is 2.67. The smallest absolute Gasteiger partial charge is 0.365 e. The minimum atomic E-state index is -1.36. The van der Waals surface area contributed by atoms with E-state index in [0.29, 0.717) is 0 Å². The summed E-state index contributed by atoms with van der Waals surface area (Å²) >= 11 is -1.36. The van der Waals surface area contributed by atoms with Crippen molar-refractivity contribution in [2.24, 2.45) is 0 Å². The van der Waals surface area contributed by atoms with Gasteiger partial charge in [-0.25, -0.2) is 4.39 Å². The lowest BCUT2D eigenvalue weighted by molar-refractivity contribution is 0.574. The van der Waals surface area contributed by atoms with E-state index in [1.807, 2.05) is 0 Å². The van der Waals surface area contributed by atoms with Crippen molar-refractivity contribution in [3.63, 3.8) is 0 Å². The van der Waals surface area contributed by atoms with Gasteiger partial charge in [-0.2, -0.15) is 0 Å². The Balaban J connectivity index is 2.55. The lowest BCUT2D eigenvalue weighted by atomic mass is 10.3. The van der Waals surface area contributed by atoms with E-state index in [2.05, 4.69) is 15.5 Å². The van der Waals surface area contributed by atoms with E-state index >= 15 is 0 Å². The van der Waals surface area contributed by atoms with Crippen LogP contribution in [-0.4, -0.2) is 31.0 Å². The molecule has 2 aromatic rings. The second-order valence-electron chi connectivity index (χ2n) is 2.78. The predicted octanol–water partition coefficient (Wildman–Crippen LogP) is 0.539. The van der Waals surface area contributed by atoms with Gasteiger partial charge in [0.15, 0.2) is 0 Å². The highest BCUT2D eigenvalue weighted by Gasteiger charge is 2.19. The Morgan fingerprint density at radius 2 is 2.13 bits per heavy atom. The van der Waals surface area contributed by atoms with Crippen LogP contribution in [0.3, 0.4) is 0 Å². The third kappa shape index (κ3) is 1.83. The fraction of sp³-hybridized carbons (Fsp3) is 0.125. The van der Waals surface area contributed by atoms with E-state index in [9.17, 15) is 8.94 Å². The number of nitrogens with zero attached hydrogens (tertiary/aromatic N) is 4. The van der Waals surface area contributed by atoms with E-state index < -0.39 is 17.0 Å². The first-order valence-electron chi connectivity index (χ1n) is 4.07. The van der Waals surface area contributed by atoms with Crippen LogP contribution in [0.4, 0.5) is 4.39 Å². The van der Waals surface area contributed by atoms with Crippen molar-refractivity contribution < 1.29 is 8.94 Å². The molecule has 78 valence electrons. The van der Waals surface area contributed by atoms with Crippen LogP contribution in [0.15, 0.2) is 29.4 Å². The Bertz CT molecular complexity index is 473. The molecule has 15 heavy (non-hydrogen) atoms. The molecule has 1 heterocycles. The van der Waals surface area contributed by atoms with Crippen LogP contribution in [0.25, 0.3) is 5.69 Å². The van der Waals surface area contributed by atoms with Gasteiger partial charge in [0.2, 0.25) is 0 Å². The molecular formula is C8H7FN4OS. The van der Waals surface area contributed by atoms with Gasteiger partial charge in [0.05, 0.1) is 0 Å². The van der Waals surface area contributed by atoms with Crippen molar-refractivity contribution >= 4 is 11.2 Å². The maximum atomic E-state index is 13.4. The molecular weight excluding hydrogens is 219 g/mol. The summed E-state index contributed by atoms with van der Waals surface area (Å²) < 4.78 is 25.7. The molecule has 0 fully saturated rings. The highest BCUT2D eigenvalue weighted by atomic mass is 32.2. The topological polar surface area (TPSA) is 66.7 Å². The molecule has 0 amide bonds. The zero-order valence-corrected chi connectivity index (χ0v) is 8.61. The van der Waals surface area contributed by atoms with Crippen LogP contribution >= 0.6 is 0 Å².